The van der Waals surface area contributed by atoms with Gasteiger partial charge in [0, 0.05) is 25.9 Å². The van der Waals surface area contributed by atoms with Crippen LogP contribution in [0.15, 0.2) is 0 Å². The summed E-state index contributed by atoms with van der Waals surface area (Å²) in [5.41, 5.74) is 0. The van der Waals surface area contributed by atoms with Crippen molar-refractivity contribution >= 4 is 40.6 Å². The third-order valence-corrected chi connectivity index (χ3v) is 4.65. The van der Waals surface area contributed by atoms with E-state index in [1.165, 1.54) is 9.80 Å². The average Bonchev–Trinajstić information content (AvgIpc) is 2.87. The lowest BCUT2D eigenvalue weighted by atomic mass is 10.1. The summed E-state index contributed by atoms with van der Waals surface area (Å²) in [4.78, 5) is 61.6. The Hall–Kier alpha value is -1.90. The lowest BCUT2D eigenvalue weighted by molar-refractivity contribution is -0.149. The molecule has 5 amide bonds. The topological polar surface area (TPSA) is 95.1 Å². The number of likely N-dealkylation sites (tertiary alicyclic amines) is 2. The van der Waals surface area contributed by atoms with Crippen LogP contribution in [0.5, 0.6) is 0 Å². The monoisotopic (exact) mass is 311 g/mol. The van der Waals surface area contributed by atoms with Gasteiger partial charge in [0.25, 0.3) is 5.24 Å². The fraction of sp³-hybridized carbons (Fsp3) is 0.583. The van der Waals surface area contributed by atoms with Crippen molar-refractivity contribution in [3.05, 3.63) is 0 Å². The number of hydrogen-bond acceptors (Lipinski definition) is 6. The predicted octanol–water partition coefficient (Wildman–Crippen LogP) is -0.958. The van der Waals surface area contributed by atoms with Crippen LogP contribution in [0, 0.1) is 0 Å². The number of imide groups is 2. The molecule has 0 aromatic rings. The number of nitrogens with zero attached hydrogens (tertiary/aromatic N) is 3. The molecule has 3 heterocycles. The number of rotatable bonds is 3. The van der Waals surface area contributed by atoms with E-state index in [2.05, 4.69) is 0 Å². The van der Waals surface area contributed by atoms with Crippen molar-refractivity contribution in [2.75, 3.05) is 25.4 Å². The van der Waals surface area contributed by atoms with Gasteiger partial charge in [0.05, 0.1) is 11.8 Å². The number of carbonyl (C=O) groups excluding carboxylic acids is 5. The van der Waals surface area contributed by atoms with Crippen molar-refractivity contribution in [1.29, 1.82) is 0 Å². The minimum atomic E-state index is -0.332. The number of amides is 5. The maximum atomic E-state index is 12.0. The molecule has 21 heavy (non-hydrogen) atoms. The molecular weight excluding hydrogens is 298 g/mol. The first kappa shape index (κ1) is 14.1. The molecule has 0 N–H and O–H groups in total. The van der Waals surface area contributed by atoms with E-state index in [1.54, 1.807) is 0 Å². The summed E-state index contributed by atoms with van der Waals surface area (Å²) in [7, 11) is 0. The van der Waals surface area contributed by atoms with Gasteiger partial charge in [0.1, 0.15) is 6.54 Å². The molecule has 3 aliphatic heterocycles. The average molecular weight is 311 g/mol. The zero-order chi connectivity index (χ0) is 15.1. The van der Waals surface area contributed by atoms with Crippen LogP contribution >= 0.6 is 11.8 Å². The van der Waals surface area contributed by atoms with Crippen LogP contribution in [-0.2, 0) is 19.2 Å². The second kappa shape index (κ2) is 5.14. The Bertz CT molecular complexity index is 525. The first-order chi connectivity index (χ1) is 9.97. The molecule has 0 unspecified atom stereocenters. The zero-order valence-electron chi connectivity index (χ0n) is 11.1. The van der Waals surface area contributed by atoms with E-state index in [1.807, 2.05) is 0 Å². The molecule has 0 atom stereocenters. The van der Waals surface area contributed by atoms with E-state index < -0.39 is 0 Å². The molecule has 0 radical (unpaired) electrons. The van der Waals surface area contributed by atoms with Crippen molar-refractivity contribution in [2.45, 2.75) is 18.9 Å². The van der Waals surface area contributed by atoms with Gasteiger partial charge in [-0.25, -0.2) is 0 Å². The molecule has 112 valence electrons. The van der Waals surface area contributed by atoms with Crippen LogP contribution < -0.4 is 0 Å². The van der Waals surface area contributed by atoms with Gasteiger partial charge < -0.3 is 4.90 Å². The van der Waals surface area contributed by atoms with E-state index in [0.717, 1.165) is 16.7 Å². The SMILES string of the molecule is O=C(CN1C(=O)CCC1=O)N1CC(N2C(=O)CSC2=O)C1. The first-order valence-corrected chi connectivity index (χ1v) is 7.55. The largest absolute Gasteiger partial charge is 0.337 e. The number of thioether (sulfide) groups is 1. The predicted molar refractivity (Wildman–Crippen MR) is 71.0 cm³/mol. The minimum Gasteiger partial charge on any atom is -0.337 e. The van der Waals surface area contributed by atoms with Crippen molar-refractivity contribution in [1.82, 2.24) is 14.7 Å². The first-order valence-electron chi connectivity index (χ1n) is 6.57. The van der Waals surface area contributed by atoms with E-state index in [4.69, 9.17) is 0 Å². The Morgan fingerprint density at radius 1 is 1.05 bits per heavy atom. The van der Waals surface area contributed by atoms with Crippen LogP contribution in [0.2, 0.25) is 0 Å². The van der Waals surface area contributed by atoms with Crippen molar-refractivity contribution in [3.8, 4) is 0 Å². The Balaban J connectivity index is 1.53. The molecule has 0 aliphatic carbocycles. The second-order valence-corrected chi connectivity index (χ2v) is 6.07. The molecule has 3 rings (SSSR count). The van der Waals surface area contributed by atoms with Crippen LogP contribution in [0.1, 0.15) is 12.8 Å². The van der Waals surface area contributed by atoms with Crippen LogP contribution in [-0.4, -0.2) is 75.0 Å². The van der Waals surface area contributed by atoms with E-state index in [9.17, 15) is 24.0 Å². The normalized spacial score (nSPS) is 23.3. The van der Waals surface area contributed by atoms with Crippen molar-refractivity contribution < 1.29 is 24.0 Å². The summed E-state index contributed by atoms with van der Waals surface area (Å²) in [6.07, 6.45) is 0.311. The highest BCUT2D eigenvalue weighted by Crippen LogP contribution is 2.26. The minimum absolute atomic E-state index is 0.153. The summed E-state index contributed by atoms with van der Waals surface area (Å²) in [6, 6.07) is -0.283. The highest BCUT2D eigenvalue weighted by molar-refractivity contribution is 8.14. The molecule has 9 heteroatoms. The Morgan fingerprint density at radius 2 is 1.67 bits per heavy atom. The lowest BCUT2D eigenvalue weighted by Crippen LogP contribution is -2.63. The van der Waals surface area contributed by atoms with E-state index >= 15 is 0 Å². The third kappa shape index (κ3) is 2.41. The smallest absolute Gasteiger partial charge is 0.289 e. The zero-order valence-corrected chi connectivity index (χ0v) is 11.9. The highest BCUT2D eigenvalue weighted by atomic mass is 32.2. The summed E-state index contributed by atoms with van der Waals surface area (Å²) in [5.74, 6) is -1.06. The van der Waals surface area contributed by atoms with E-state index in [0.29, 0.717) is 0 Å². The maximum Gasteiger partial charge on any atom is 0.289 e. The van der Waals surface area contributed by atoms with Gasteiger partial charge in [-0.2, -0.15) is 0 Å². The third-order valence-electron chi connectivity index (χ3n) is 3.81. The maximum absolute atomic E-state index is 12.0. The molecule has 0 aromatic heterocycles. The molecule has 3 fully saturated rings. The van der Waals surface area contributed by atoms with Gasteiger partial charge in [-0.15, -0.1) is 0 Å². The van der Waals surface area contributed by atoms with Crippen molar-refractivity contribution in [2.24, 2.45) is 0 Å². The molecular formula is C12H13N3O5S. The van der Waals surface area contributed by atoms with Crippen LogP contribution in [0.3, 0.4) is 0 Å². The summed E-state index contributed by atoms with van der Waals surface area (Å²) in [5, 5.41) is -0.276. The molecule has 0 bridgehead atoms. The van der Waals surface area contributed by atoms with E-state index in [-0.39, 0.29) is 73.1 Å². The highest BCUT2D eigenvalue weighted by Gasteiger charge is 2.44. The van der Waals surface area contributed by atoms with Gasteiger partial charge in [0.15, 0.2) is 0 Å². The second-order valence-electron chi connectivity index (χ2n) is 5.14. The summed E-state index contributed by atoms with van der Waals surface area (Å²) in [6.45, 7) is 0.293. The van der Waals surface area contributed by atoms with Gasteiger partial charge in [0.2, 0.25) is 23.6 Å². The lowest BCUT2D eigenvalue weighted by Gasteiger charge is -2.43. The number of carbonyl (C=O) groups is 5. The van der Waals surface area contributed by atoms with Gasteiger partial charge in [-0.3, -0.25) is 33.8 Å². The summed E-state index contributed by atoms with van der Waals surface area (Å²) >= 11 is 0.964. The summed E-state index contributed by atoms with van der Waals surface area (Å²) < 4.78 is 0. The fourth-order valence-corrected chi connectivity index (χ4v) is 3.35. The fourth-order valence-electron chi connectivity index (χ4n) is 2.57. The molecule has 3 aliphatic rings. The van der Waals surface area contributed by atoms with Crippen LogP contribution in [0.25, 0.3) is 0 Å². The standard InChI is InChI=1S/C12H13N3O5S/c16-8-1-2-9(17)14(8)5-10(18)13-3-7(4-13)15-11(19)6-21-12(15)20/h7H,1-6H2. The Morgan fingerprint density at radius 3 is 2.19 bits per heavy atom. The van der Waals surface area contributed by atoms with Gasteiger partial charge in [-0.1, -0.05) is 11.8 Å². The Labute approximate surface area is 124 Å². The molecule has 0 aromatic carbocycles. The Kier molecular flexibility index (Phi) is 3.44. The quantitative estimate of drug-likeness (QED) is 0.623. The molecule has 0 spiro atoms. The number of hydrogen-bond donors (Lipinski definition) is 0. The van der Waals surface area contributed by atoms with Crippen LogP contribution in [0.4, 0.5) is 4.79 Å². The van der Waals surface area contributed by atoms with Gasteiger partial charge >= 0.3 is 0 Å². The van der Waals surface area contributed by atoms with Crippen molar-refractivity contribution in [3.63, 3.8) is 0 Å². The molecule has 3 saturated heterocycles. The van der Waals surface area contributed by atoms with Gasteiger partial charge in [-0.05, 0) is 0 Å². The molecule has 0 saturated carbocycles. The molecule has 8 nitrogen and oxygen atoms in total.